The predicted molar refractivity (Wildman–Crippen MR) is 93.3 cm³/mol. The van der Waals surface area contributed by atoms with Crippen molar-refractivity contribution >= 4 is 0 Å². The van der Waals surface area contributed by atoms with E-state index >= 15 is 0 Å². The summed E-state index contributed by atoms with van der Waals surface area (Å²) in [5, 5.41) is 0. The Hall–Kier alpha value is 1.30. The number of halogens is 2. The lowest BCUT2D eigenvalue weighted by molar-refractivity contribution is -0.947. The van der Waals surface area contributed by atoms with E-state index in [0.29, 0.717) is 6.10 Å². The third-order valence-corrected chi connectivity index (χ3v) is 6.85. The highest BCUT2D eigenvalue weighted by Crippen LogP contribution is 2.36. The Kier molecular flexibility index (Phi) is 10.5. The molecule has 0 aliphatic carbocycles. The number of rotatable bonds is 5. The van der Waals surface area contributed by atoms with E-state index in [1.54, 1.807) is 0 Å². The van der Waals surface area contributed by atoms with Gasteiger partial charge in [0.15, 0.2) is 0 Å². The molecule has 0 aromatic heterocycles. The standard InChI is InChI=1S/C19H38N2O2.2HI/c1-17(15-20(2)11-13-22-14-12-20)23-16-18-7-6-10-21(3)9-5-4-8-19(18)21;;/h17-19H,4-16H2,1-3H3;2*1H/q+2;;/p-2. The van der Waals surface area contributed by atoms with Crippen molar-refractivity contribution in [3.8, 4) is 0 Å². The molecule has 3 heterocycles. The van der Waals surface area contributed by atoms with Crippen molar-refractivity contribution in [2.45, 2.75) is 51.2 Å². The molecule has 3 aliphatic rings. The molecule has 0 aromatic carbocycles. The largest absolute Gasteiger partial charge is 1.00 e. The minimum atomic E-state index is 0. The molecule has 0 spiro atoms. The van der Waals surface area contributed by atoms with Gasteiger partial charge < -0.3 is 66.4 Å². The summed E-state index contributed by atoms with van der Waals surface area (Å²) in [6, 6.07) is 0.859. The molecule has 0 N–H and O–H groups in total. The summed E-state index contributed by atoms with van der Waals surface area (Å²) in [4.78, 5) is 0. The van der Waals surface area contributed by atoms with Gasteiger partial charge in [-0.25, -0.2) is 0 Å². The molecule has 0 radical (unpaired) electrons. The number of hydrogen-bond acceptors (Lipinski definition) is 2. The molecule has 0 bridgehead atoms. The molecule has 4 nitrogen and oxygen atoms in total. The third-order valence-electron chi connectivity index (χ3n) is 6.85. The maximum atomic E-state index is 6.38. The Morgan fingerprint density at radius 3 is 2.36 bits per heavy atom. The highest BCUT2D eigenvalue weighted by atomic mass is 127. The zero-order chi connectivity index (χ0) is 16.3. The first-order chi connectivity index (χ1) is 11.0. The lowest BCUT2D eigenvalue weighted by Gasteiger charge is -2.51. The summed E-state index contributed by atoms with van der Waals surface area (Å²) in [5.41, 5.74) is 0. The van der Waals surface area contributed by atoms with E-state index < -0.39 is 0 Å². The molecule has 25 heavy (non-hydrogen) atoms. The monoisotopic (exact) mass is 580 g/mol. The van der Waals surface area contributed by atoms with Gasteiger partial charge in [0.05, 0.1) is 53.0 Å². The predicted octanol–water partition coefficient (Wildman–Crippen LogP) is -3.71. The second-order valence-corrected chi connectivity index (χ2v) is 8.90. The topological polar surface area (TPSA) is 18.5 Å². The van der Waals surface area contributed by atoms with Gasteiger partial charge in [-0.3, -0.25) is 0 Å². The van der Waals surface area contributed by atoms with Crippen molar-refractivity contribution in [1.29, 1.82) is 0 Å². The molecule has 6 heteroatoms. The van der Waals surface area contributed by atoms with E-state index in [1.807, 2.05) is 0 Å². The Balaban J connectivity index is 0.00000156. The van der Waals surface area contributed by atoms with Gasteiger partial charge in [-0.2, -0.15) is 0 Å². The highest BCUT2D eigenvalue weighted by Gasteiger charge is 2.43. The number of piperidine rings is 2. The van der Waals surface area contributed by atoms with Crippen LogP contribution in [0, 0.1) is 5.92 Å². The summed E-state index contributed by atoms with van der Waals surface area (Å²) in [6.07, 6.45) is 7.41. The molecule has 0 saturated carbocycles. The van der Waals surface area contributed by atoms with Crippen LogP contribution >= 0.6 is 0 Å². The van der Waals surface area contributed by atoms with Gasteiger partial charge in [0.2, 0.25) is 0 Å². The second kappa shape index (κ2) is 10.7. The van der Waals surface area contributed by atoms with Gasteiger partial charge >= 0.3 is 0 Å². The summed E-state index contributed by atoms with van der Waals surface area (Å²) < 4.78 is 14.3. The van der Waals surface area contributed by atoms with Gasteiger partial charge in [0, 0.05) is 12.3 Å². The van der Waals surface area contributed by atoms with E-state index in [9.17, 15) is 0 Å². The quantitative estimate of drug-likeness (QED) is 0.247. The first kappa shape index (κ1) is 24.3. The number of morpholine rings is 1. The lowest BCUT2D eigenvalue weighted by atomic mass is 9.82. The number of hydrogen-bond donors (Lipinski definition) is 0. The van der Waals surface area contributed by atoms with Gasteiger partial charge in [-0.15, -0.1) is 0 Å². The minimum absolute atomic E-state index is 0. The van der Waals surface area contributed by atoms with E-state index in [1.165, 1.54) is 49.7 Å². The van der Waals surface area contributed by atoms with Crippen molar-refractivity contribution in [3.63, 3.8) is 0 Å². The van der Waals surface area contributed by atoms with Crippen molar-refractivity contribution < 1.29 is 66.4 Å². The SMILES string of the molecule is CC(C[N+]1(C)CCOCC1)OCC1CCC[N+]2(C)CCCCC12.[I-].[I-]. The molecular weight excluding hydrogens is 542 g/mol. The molecule has 4 unspecified atom stereocenters. The third kappa shape index (κ3) is 6.41. The first-order valence-corrected chi connectivity index (χ1v) is 9.88. The number of fused-ring (bicyclic) bond motifs is 1. The fourth-order valence-corrected chi connectivity index (χ4v) is 5.36. The zero-order valence-electron chi connectivity index (χ0n) is 16.4. The Morgan fingerprint density at radius 2 is 1.64 bits per heavy atom. The van der Waals surface area contributed by atoms with Gasteiger partial charge in [-0.05, 0) is 32.6 Å². The number of quaternary nitrogens is 2. The van der Waals surface area contributed by atoms with Gasteiger partial charge in [-0.1, -0.05) is 0 Å². The number of likely N-dealkylation sites (N-methyl/N-ethyl adjacent to an activating group) is 1. The lowest BCUT2D eigenvalue weighted by Crippen LogP contribution is -3.00. The van der Waals surface area contributed by atoms with Crippen LogP contribution in [0.1, 0.15) is 39.0 Å². The maximum Gasteiger partial charge on any atom is 0.105 e. The molecule has 3 rings (SSSR count). The van der Waals surface area contributed by atoms with Crippen LogP contribution in [-0.2, 0) is 9.47 Å². The summed E-state index contributed by atoms with van der Waals surface area (Å²) >= 11 is 0. The summed E-state index contributed by atoms with van der Waals surface area (Å²) in [7, 11) is 4.86. The molecule has 150 valence electrons. The first-order valence-electron chi connectivity index (χ1n) is 9.88. The molecule has 3 aliphatic heterocycles. The van der Waals surface area contributed by atoms with Crippen LogP contribution in [0.5, 0.6) is 0 Å². The van der Waals surface area contributed by atoms with E-state index in [0.717, 1.165) is 55.9 Å². The number of ether oxygens (including phenoxy) is 2. The molecule has 4 atom stereocenters. The second-order valence-electron chi connectivity index (χ2n) is 8.90. The fourth-order valence-electron chi connectivity index (χ4n) is 5.36. The Bertz CT molecular complexity index is 390. The molecule has 3 fully saturated rings. The molecule has 0 aromatic rings. The average molecular weight is 580 g/mol. The van der Waals surface area contributed by atoms with Gasteiger partial charge in [0.1, 0.15) is 25.7 Å². The van der Waals surface area contributed by atoms with Crippen molar-refractivity contribution in [3.05, 3.63) is 0 Å². The minimum Gasteiger partial charge on any atom is -1.00 e. The van der Waals surface area contributed by atoms with Gasteiger partial charge in [0.25, 0.3) is 0 Å². The van der Waals surface area contributed by atoms with E-state index in [-0.39, 0.29) is 48.0 Å². The highest BCUT2D eigenvalue weighted by molar-refractivity contribution is 4.79. The summed E-state index contributed by atoms with van der Waals surface area (Å²) in [5.74, 6) is 0.784. The van der Waals surface area contributed by atoms with Crippen LogP contribution in [-0.4, -0.2) is 87.8 Å². The molecule has 0 amide bonds. The van der Waals surface area contributed by atoms with Crippen LogP contribution in [0.15, 0.2) is 0 Å². The van der Waals surface area contributed by atoms with Crippen LogP contribution in [0.25, 0.3) is 0 Å². The smallest absolute Gasteiger partial charge is 0.105 e. The van der Waals surface area contributed by atoms with Crippen molar-refractivity contribution in [2.24, 2.45) is 5.92 Å². The van der Waals surface area contributed by atoms with Crippen LogP contribution in [0.2, 0.25) is 0 Å². The van der Waals surface area contributed by atoms with E-state index in [2.05, 4.69) is 21.0 Å². The molecular formula is C19H38I2N2O2. The van der Waals surface area contributed by atoms with Crippen LogP contribution < -0.4 is 48.0 Å². The normalized spacial score (nSPS) is 35.6. The van der Waals surface area contributed by atoms with Crippen molar-refractivity contribution in [2.75, 3.05) is 66.6 Å². The van der Waals surface area contributed by atoms with Crippen LogP contribution in [0.3, 0.4) is 0 Å². The maximum absolute atomic E-state index is 6.38. The Labute approximate surface area is 189 Å². The Morgan fingerprint density at radius 1 is 0.960 bits per heavy atom. The number of nitrogens with zero attached hydrogens (tertiary/aromatic N) is 2. The molecule has 3 saturated heterocycles. The van der Waals surface area contributed by atoms with E-state index in [4.69, 9.17) is 9.47 Å². The van der Waals surface area contributed by atoms with Crippen LogP contribution in [0.4, 0.5) is 0 Å². The summed E-state index contributed by atoms with van der Waals surface area (Å²) in [6.45, 7) is 11.3. The average Bonchev–Trinajstić information content (AvgIpc) is 2.52. The van der Waals surface area contributed by atoms with Crippen molar-refractivity contribution in [1.82, 2.24) is 0 Å². The zero-order valence-corrected chi connectivity index (χ0v) is 20.7. The fraction of sp³-hybridized carbons (Fsp3) is 1.00.